The number of rotatable bonds is 5. The van der Waals surface area contributed by atoms with Gasteiger partial charge in [0.2, 0.25) is 0 Å². The molecule has 0 aromatic rings. The molecule has 0 unspecified atom stereocenters. The summed E-state index contributed by atoms with van der Waals surface area (Å²) in [6.45, 7) is 2.22. The van der Waals surface area contributed by atoms with Crippen molar-refractivity contribution in [1.82, 2.24) is 10.0 Å². The second-order valence-corrected chi connectivity index (χ2v) is 4.37. The second-order valence-electron chi connectivity index (χ2n) is 4.37. The van der Waals surface area contributed by atoms with Crippen LogP contribution in [-0.2, 0) is 19.1 Å². The number of hydrogen-bond donors (Lipinski definition) is 1. The fourth-order valence-electron chi connectivity index (χ4n) is 2.17. The van der Waals surface area contributed by atoms with E-state index >= 15 is 0 Å². The Kier molecular flexibility index (Phi) is 5.59. The minimum absolute atomic E-state index is 0. The summed E-state index contributed by atoms with van der Waals surface area (Å²) in [4.78, 5) is 35.5. The Morgan fingerprint density at radius 3 is 2.76 bits per heavy atom. The van der Waals surface area contributed by atoms with Crippen molar-refractivity contribution in [2.24, 2.45) is 5.73 Å². The molecule has 2 aliphatic rings. The average Bonchev–Trinajstić information content (AvgIpc) is 2.93. The Balaban J connectivity index is 0.00000220. The zero-order valence-electron chi connectivity index (χ0n) is 11.1. The van der Waals surface area contributed by atoms with Gasteiger partial charge in [-0.15, -0.1) is 12.4 Å². The normalized spacial score (nSPS) is 21.1. The number of halogens is 2. The zero-order chi connectivity index (χ0) is 14.9. The van der Waals surface area contributed by atoms with Gasteiger partial charge in [0.25, 0.3) is 5.91 Å². The molecular formula is C12H15ClFN3O4. The summed E-state index contributed by atoms with van der Waals surface area (Å²) in [5.41, 5.74) is 5.29. The van der Waals surface area contributed by atoms with Gasteiger partial charge in [0.1, 0.15) is 12.6 Å². The van der Waals surface area contributed by atoms with Crippen molar-refractivity contribution in [3.63, 3.8) is 0 Å². The molecule has 116 valence electrons. The summed E-state index contributed by atoms with van der Waals surface area (Å²) in [6, 6.07) is -0.778. The lowest BCUT2D eigenvalue weighted by Gasteiger charge is -2.20. The smallest absolute Gasteiger partial charge is 0.357 e. The minimum atomic E-state index is -1.24. The SMILES string of the molecule is C=CCOC(=O)C1=C(C(=O)CF)CN2C[C@H](N)C(=O)N12.Cl. The van der Waals surface area contributed by atoms with Crippen LogP contribution in [-0.4, -0.2) is 60.1 Å². The molecule has 0 bridgehead atoms. The summed E-state index contributed by atoms with van der Waals surface area (Å²) in [5.74, 6) is -2.23. The highest BCUT2D eigenvalue weighted by molar-refractivity contribution is 6.08. The third kappa shape index (κ3) is 2.97. The Bertz CT molecular complexity index is 523. The molecule has 2 aliphatic heterocycles. The van der Waals surface area contributed by atoms with E-state index in [0.717, 1.165) is 5.01 Å². The number of ether oxygens (including phenoxy) is 1. The van der Waals surface area contributed by atoms with Crippen LogP contribution in [0.5, 0.6) is 0 Å². The maximum absolute atomic E-state index is 12.6. The fourth-order valence-corrected chi connectivity index (χ4v) is 2.17. The molecule has 9 heteroatoms. The van der Waals surface area contributed by atoms with Gasteiger partial charge in [0, 0.05) is 18.7 Å². The second kappa shape index (κ2) is 6.79. The van der Waals surface area contributed by atoms with Gasteiger partial charge in [-0.2, -0.15) is 0 Å². The molecule has 1 atom stereocenters. The number of fused-ring (bicyclic) bond motifs is 1. The van der Waals surface area contributed by atoms with E-state index in [1.807, 2.05) is 0 Å². The Hall–Kier alpha value is -1.77. The van der Waals surface area contributed by atoms with Crippen molar-refractivity contribution >= 4 is 30.1 Å². The van der Waals surface area contributed by atoms with Crippen LogP contribution in [0.25, 0.3) is 0 Å². The number of Topliss-reactive ketones (excluding diaryl/α,β-unsaturated/α-hetero) is 1. The quantitative estimate of drug-likeness (QED) is 0.534. The van der Waals surface area contributed by atoms with Crippen LogP contribution >= 0.6 is 12.4 Å². The molecule has 0 aliphatic carbocycles. The predicted octanol–water partition coefficient (Wildman–Crippen LogP) is -0.670. The van der Waals surface area contributed by atoms with Crippen LogP contribution in [0.1, 0.15) is 0 Å². The third-order valence-corrected chi connectivity index (χ3v) is 3.04. The molecule has 0 aromatic carbocycles. The van der Waals surface area contributed by atoms with E-state index in [1.165, 1.54) is 11.1 Å². The first kappa shape index (κ1) is 17.3. The van der Waals surface area contributed by atoms with E-state index < -0.39 is 30.4 Å². The van der Waals surface area contributed by atoms with Crippen molar-refractivity contribution in [1.29, 1.82) is 0 Å². The summed E-state index contributed by atoms with van der Waals surface area (Å²) < 4.78 is 17.4. The van der Waals surface area contributed by atoms with E-state index in [2.05, 4.69) is 6.58 Å². The number of hydrazine groups is 1. The molecular weight excluding hydrogens is 305 g/mol. The molecule has 21 heavy (non-hydrogen) atoms. The van der Waals surface area contributed by atoms with Crippen molar-refractivity contribution in [2.45, 2.75) is 6.04 Å². The predicted molar refractivity (Wildman–Crippen MR) is 72.8 cm³/mol. The Labute approximate surface area is 126 Å². The highest BCUT2D eigenvalue weighted by Gasteiger charge is 2.47. The summed E-state index contributed by atoms with van der Waals surface area (Å²) in [7, 11) is 0. The number of nitrogens with zero attached hydrogens (tertiary/aromatic N) is 2. The van der Waals surface area contributed by atoms with Gasteiger partial charge in [-0.25, -0.2) is 19.2 Å². The van der Waals surface area contributed by atoms with Crippen LogP contribution in [0.2, 0.25) is 0 Å². The average molecular weight is 320 g/mol. The number of alkyl halides is 1. The van der Waals surface area contributed by atoms with Gasteiger partial charge in [0.15, 0.2) is 18.2 Å². The molecule has 0 saturated carbocycles. The Morgan fingerprint density at radius 1 is 1.52 bits per heavy atom. The monoisotopic (exact) mass is 319 g/mol. The van der Waals surface area contributed by atoms with Crippen molar-refractivity contribution < 1.29 is 23.5 Å². The van der Waals surface area contributed by atoms with E-state index in [-0.39, 0.29) is 43.4 Å². The molecule has 2 rings (SSSR count). The van der Waals surface area contributed by atoms with E-state index in [0.29, 0.717) is 0 Å². The highest BCUT2D eigenvalue weighted by atomic mass is 35.5. The van der Waals surface area contributed by atoms with E-state index in [9.17, 15) is 18.8 Å². The zero-order valence-corrected chi connectivity index (χ0v) is 11.9. The molecule has 0 aromatic heterocycles. The minimum Gasteiger partial charge on any atom is -0.457 e. The molecule has 2 heterocycles. The van der Waals surface area contributed by atoms with Crippen LogP contribution in [0.4, 0.5) is 4.39 Å². The van der Waals surface area contributed by atoms with Gasteiger partial charge in [-0.1, -0.05) is 12.7 Å². The van der Waals surface area contributed by atoms with Gasteiger partial charge in [-0.3, -0.25) is 9.59 Å². The first-order valence-electron chi connectivity index (χ1n) is 5.96. The lowest BCUT2D eigenvalue weighted by molar-refractivity contribution is -0.146. The van der Waals surface area contributed by atoms with Crippen LogP contribution in [0, 0.1) is 0 Å². The maximum atomic E-state index is 12.6. The summed E-state index contributed by atoms with van der Waals surface area (Å²) in [6.07, 6.45) is 1.35. The van der Waals surface area contributed by atoms with Gasteiger partial charge in [-0.05, 0) is 0 Å². The van der Waals surface area contributed by atoms with Gasteiger partial charge < -0.3 is 10.5 Å². The maximum Gasteiger partial charge on any atom is 0.357 e. The number of carbonyl (C=O) groups is 3. The van der Waals surface area contributed by atoms with Crippen LogP contribution in [0.15, 0.2) is 23.9 Å². The molecule has 1 amide bonds. The van der Waals surface area contributed by atoms with Crippen molar-refractivity contribution in [3.05, 3.63) is 23.9 Å². The third-order valence-electron chi connectivity index (χ3n) is 3.04. The molecule has 1 saturated heterocycles. The van der Waals surface area contributed by atoms with E-state index in [4.69, 9.17) is 10.5 Å². The first-order chi connectivity index (χ1) is 9.51. The van der Waals surface area contributed by atoms with Gasteiger partial charge in [0.05, 0.1) is 0 Å². The number of carbonyl (C=O) groups excluding carboxylic acids is 3. The highest BCUT2D eigenvalue weighted by Crippen LogP contribution is 2.30. The lowest BCUT2D eigenvalue weighted by Crippen LogP contribution is -2.38. The number of ketones is 1. The molecule has 0 radical (unpaired) electrons. The number of esters is 1. The van der Waals surface area contributed by atoms with Crippen LogP contribution in [0.3, 0.4) is 0 Å². The molecule has 1 fully saturated rings. The Morgan fingerprint density at radius 2 is 2.19 bits per heavy atom. The van der Waals surface area contributed by atoms with Crippen molar-refractivity contribution in [3.8, 4) is 0 Å². The van der Waals surface area contributed by atoms with Crippen LogP contribution < -0.4 is 5.73 Å². The molecule has 2 N–H and O–H groups in total. The topological polar surface area (TPSA) is 92.9 Å². The van der Waals surface area contributed by atoms with Gasteiger partial charge >= 0.3 is 5.97 Å². The summed E-state index contributed by atoms with van der Waals surface area (Å²) in [5, 5.41) is 2.44. The number of nitrogens with two attached hydrogens (primary N) is 1. The first-order valence-corrected chi connectivity index (χ1v) is 5.96. The van der Waals surface area contributed by atoms with E-state index in [1.54, 1.807) is 0 Å². The fraction of sp³-hybridized carbons (Fsp3) is 0.417. The number of hydrogen-bond acceptors (Lipinski definition) is 6. The van der Waals surface area contributed by atoms with Crippen molar-refractivity contribution in [2.75, 3.05) is 26.4 Å². The molecule has 7 nitrogen and oxygen atoms in total. The molecule has 0 spiro atoms. The standard InChI is InChI=1S/C12H14FN3O4.ClH/c1-2-3-20-12(19)10-7(9(17)4-13)5-15-6-8(14)11(18)16(10)15;/h2,8H,1,3-6,14H2;1H/t8-;/m0./s1. The lowest BCUT2D eigenvalue weighted by atomic mass is 10.1. The number of amides is 1. The summed E-state index contributed by atoms with van der Waals surface area (Å²) >= 11 is 0. The largest absolute Gasteiger partial charge is 0.457 e.